The third kappa shape index (κ3) is 3.43. The van der Waals surface area contributed by atoms with Gasteiger partial charge in [-0.05, 0) is 91.3 Å². The number of hydrogen-bond donors (Lipinski definition) is 0. The van der Waals surface area contributed by atoms with Gasteiger partial charge in [0.15, 0.2) is 0 Å². The number of aromatic nitrogens is 2. The summed E-state index contributed by atoms with van der Waals surface area (Å²) < 4.78 is 34.2. The van der Waals surface area contributed by atoms with Crippen LogP contribution in [0.25, 0.3) is 44.1 Å². The molecular formula is C30H26F2N2O. The zero-order valence-electron chi connectivity index (χ0n) is 19.9. The first-order valence-electron chi connectivity index (χ1n) is 12.5. The second-order valence-corrected chi connectivity index (χ2v) is 10.5. The smallest absolute Gasteiger partial charge is 0.248 e. The summed E-state index contributed by atoms with van der Waals surface area (Å²) >= 11 is 0. The molecule has 0 bridgehead atoms. The first kappa shape index (κ1) is 21.0. The molecule has 35 heavy (non-hydrogen) atoms. The van der Waals surface area contributed by atoms with E-state index in [2.05, 4.69) is 42.2 Å². The summed E-state index contributed by atoms with van der Waals surface area (Å²) in [5.41, 5.74) is 7.54. The van der Waals surface area contributed by atoms with Crippen LogP contribution in [0, 0.1) is 13.8 Å². The Kier molecular flexibility index (Phi) is 4.39. The van der Waals surface area contributed by atoms with E-state index < -0.39 is 5.92 Å². The quantitative estimate of drug-likeness (QED) is 0.266. The number of furan rings is 1. The molecule has 0 aliphatic heterocycles. The average molecular weight is 469 g/mol. The summed E-state index contributed by atoms with van der Waals surface area (Å²) in [5.74, 6) is -2.13. The second-order valence-electron chi connectivity index (χ2n) is 10.5. The third-order valence-corrected chi connectivity index (χ3v) is 7.81. The summed E-state index contributed by atoms with van der Waals surface area (Å²) in [5, 5.41) is 4.23. The van der Waals surface area contributed by atoms with E-state index in [9.17, 15) is 8.78 Å². The lowest BCUT2D eigenvalue weighted by atomic mass is 9.91. The molecule has 0 saturated heterocycles. The van der Waals surface area contributed by atoms with E-state index in [1.54, 1.807) is 0 Å². The monoisotopic (exact) mass is 468 g/mol. The summed E-state index contributed by atoms with van der Waals surface area (Å²) in [4.78, 5) is 9.57. The number of halogens is 2. The highest BCUT2D eigenvalue weighted by Crippen LogP contribution is 2.48. The molecule has 0 amide bonds. The van der Waals surface area contributed by atoms with Crippen molar-refractivity contribution >= 4 is 32.8 Å². The van der Waals surface area contributed by atoms with E-state index >= 15 is 0 Å². The number of alkyl halides is 2. The topological polar surface area (TPSA) is 38.9 Å². The predicted molar refractivity (Wildman–Crippen MR) is 135 cm³/mol. The molecule has 5 heteroatoms. The maximum atomic E-state index is 14.0. The third-order valence-electron chi connectivity index (χ3n) is 7.81. The van der Waals surface area contributed by atoms with Crippen molar-refractivity contribution in [3.05, 3.63) is 71.0 Å². The standard InChI is InChI=1S/C30H26F2N2O/c1-16-11-24-22-7-3-17(2)34-29(22)35-28(24)25(12-16)27-21-8-6-19(20-9-10-30(31,32)14-20)13-23(21)26(15-33-27)18-4-5-18/h3,6-8,11-13,15,18,20H,4-5,9-10,14H2,1-2H3. The van der Waals surface area contributed by atoms with Crippen LogP contribution in [0.1, 0.15) is 66.3 Å². The fraction of sp³-hybridized carbons (Fsp3) is 0.333. The van der Waals surface area contributed by atoms with Gasteiger partial charge in [-0.15, -0.1) is 0 Å². The molecule has 5 aromatic rings. The molecule has 2 aromatic carbocycles. The van der Waals surface area contributed by atoms with Gasteiger partial charge in [0.25, 0.3) is 0 Å². The van der Waals surface area contributed by atoms with Crippen molar-refractivity contribution in [2.24, 2.45) is 0 Å². The zero-order valence-corrected chi connectivity index (χ0v) is 19.9. The fourth-order valence-electron chi connectivity index (χ4n) is 5.87. The highest BCUT2D eigenvalue weighted by atomic mass is 19.3. The lowest BCUT2D eigenvalue weighted by Crippen LogP contribution is -2.09. The van der Waals surface area contributed by atoms with E-state index in [0.29, 0.717) is 18.1 Å². The van der Waals surface area contributed by atoms with Crippen LogP contribution in [0.15, 0.2) is 53.1 Å². The normalized spacial score (nSPS) is 19.8. The SMILES string of the molecule is Cc1cc(-c2ncc(C3CC3)c3cc(C4CCC(F)(F)C4)ccc23)c2oc3nc(C)ccc3c2c1. The average Bonchev–Trinajstić information content (AvgIpc) is 3.52. The van der Waals surface area contributed by atoms with Gasteiger partial charge < -0.3 is 4.42 Å². The number of hydrogen-bond acceptors (Lipinski definition) is 3. The number of benzene rings is 2. The highest BCUT2D eigenvalue weighted by Gasteiger charge is 2.40. The van der Waals surface area contributed by atoms with Gasteiger partial charge in [0.1, 0.15) is 5.58 Å². The van der Waals surface area contributed by atoms with Gasteiger partial charge >= 0.3 is 0 Å². The molecule has 1 atom stereocenters. The highest BCUT2D eigenvalue weighted by molar-refractivity contribution is 6.11. The Balaban J connectivity index is 1.46. The number of rotatable bonds is 3. The van der Waals surface area contributed by atoms with E-state index in [4.69, 9.17) is 9.40 Å². The van der Waals surface area contributed by atoms with Crippen molar-refractivity contribution in [2.45, 2.75) is 63.7 Å². The van der Waals surface area contributed by atoms with Crippen molar-refractivity contribution in [3.63, 3.8) is 0 Å². The van der Waals surface area contributed by atoms with E-state index in [1.807, 2.05) is 25.3 Å². The Bertz CT molecular complexity index is 1650. The number of pyridine rings is 2. The van der Waals surface area contributed by atoms with E-state index in [0.717, 1.165) is 68.0 Å². The molecule has 176 valence electrons. The van der Waals surface area contributed by atoms with Crippen LogP contribution in [0.3, 0.4) is 0 Å². The van der Waals surface area contributed by atoms with E-state index in [1.165, 1.54) is 5.56 Å². The lowest BCUT2D eigenvalue weighted by Gasteiger charge is -2.16. The van der Waals surface area contributed by atoms with E-state index in [-0.39, 0.29) is 18.8 Å². The second kappa shape index (κ2) is 7.33. The predicted octanol–water partition coefficient (Wildman–Crippen LogP) is 8.59. The minimum atomic E-state index is -2.55. The van der Waals surface area contributed by atoms with Crippen LogP contribution < -0.4 is 0 Å². The van der Waals surface area contributed by atoms with Crippen molar-refractivity contribution in [3.8, 4) is 11.3 Å². The van der Waals surface area contributed by atoms with Crippen LogP contribution in [-0.4, -0.2) is 15.9 Å². The Morgan fingerprint density at radius 1 is 0.886 bits per heavy atom. The molecule has 2 fully saturated rings. The largest absolute Gasteiger partial charge is 0.437 e. The zero-order chi connectivity index (χ0) is 23.9. The number of fused-ring (bicyclic) bond motifs is 4. The number of nitrogens with zero attached hydrogens (tertiary/aromatic N) is 2. The summed E-state index contributed by atoms with van der Waals surface area (Å²) in [6.07, 6.45) is 4.78. The molecule has 7 rings (SSSR count). The van der Waals surface area contributed by atoms with Crippen LogP contribution in [0.5, 0.6) is 0 Å². The Labute approximate surface area is 202 Å². The molecule has 1 unspecified atom stereocenters. The van der Waals surface area contributed by atoms with Crippen LogP contribution in [0.4, 0.5) is 8.78 Å². The molecule has 2 aliphatic rings. The molecule has 3 heterocycles. The van der Waals surface area contributed by atoms with Gasteiger partial charge in [-0.25, -0.2) is 13.8 Å². The van der Waals surface area contributed by atoms with Crippen LogP contribution in [0.2, 0.25) is 0 Å². The molecule has 3 aromatic heterocycles. The van der Waals surface area contributed by atoms with Crippen LogP contribution in [-0.2, 0) is 0 Å². The molecule has 3 nitrogen and oxygen atoms in total. The molecule has 2 aliphatic carbocycles. The van der Waals surface area contributed by atoms with Gasteiger partial charge in [-0.2, -0.15) is 0 Å². The van der Waals surface area contributed by atoms with Gasteiger partial charge in [-0.1, -0.05) is 18.2 Å². The summed E-state index contributed by atoms with van der Waals surface area (Å²) in [7, 11) is 0. The van der Waals surface area contributed by atoms with Gasteiger partial charge in [0.2, 0.25) is 11.6 Å². The first-order valence-corrected chi connectivity index (χ1v) is 12.5. The Hall–Kier alpha value is -3.34. The van der Waals surface area contributed by atoms with Gasteiger partial charge in [0.05, 0.1) is 5.69 Å². The van der Waals surface area contributed by atoms with Crippen molar-refractivity contribution in [1.82, 2.24) is 9.97 Å². The van der Waals surface area contributed by atoms with Crippen molar-refractivity contribution in [1.29, 1.82) is 0 Å². The summed E-state index contributed by atoms with van der Waals surface area (Å²) in [6, 6.07) is 14.6. The molecular weight excluding hydrogens is 442 g/mol. The maximum Gasteiger partial charge on any atom is 0.248 e. The molecule has 2 saturated carbocycles. The minimum Gasteiger partial charge on any atom is -0.437 e. The maximum absolute atomic E-state index is 14.0. The van der Waals surface area contributed by atoms with Crippen LogP contribution >= 0.6 is 0 Å². The molecule has 0 radical (unpaired) electrons. The van der Waals surface area contributed by atoms with Crippen molar-refractivity contribution in [2.75, 3.05) is 0 Å². The van der Waals surface area contributed by atoms with Gasteiger partial charge in [-0.3, -0.25) is 4.98 Å². The summed E-state index contributed by atoms with van der Waals surface area (Å²) in [6.45, 7) is 4.05. The fourth-order valence-corrected chi connectivity index (χ4v) is 5.87. The van der Waals surface area contributed by atoms with Crippen molar-refractivity contribution < 1.29 is 13.2 Å². The Morgan fingerprint density at radius 3 is 2.49 bits per heavy atom. The Morgan fingerprint density at radius 2 is 1.71 bits per heavy atom. The lowest BCUT2D eigenvalue weighted by molar-refractivity contribution is 0.00777. The minimum absolute atomic E-state index is 0.0202. The number of aryl methyl sites for hydroxylation is 2. The molecule has 0 N–H and O–H groups in total. The van der Waals surface area contributed by atoms with Gasteiger partial charge in [0, 0.05) is 46.5 Å². The molecule has 0 spiro atoms. The first-order chi connectivity index (χ1) is 16.9.